The molecule has 1 spiro atoms. The zero-order chi connectivity index (χ0) is 18.2. The van der Waals surface area contributed by atoms with Gasteiger partial charge in [0.05, 0.1) is 19.5 Å². The third-order valence-corrected chi connectivity index (χ3v) is 7.85. The lowest BCUT2D eigenvalue weighted by Gasteiger charge is -2.50. The minimum atomic E-state index is -3.18. The maximum atomic E-state index is 12.7. The molecule has 2 aliphatic rings. The van der Waals surface area contributed by atoms with Crippen LogP contribution in [0.3, 0.4) is 0 Å². The van der Waals surface area contributed by atoms with Crippen LogP contribution in [0.1, 0.15) is 6.42 Å². The van der Waals surface area contributed by atoms with Gasteiger partial charge in [0.1, 0.15) is 16.9 Å². The van der Waals surface area contributed by atoms with Gasteiger partial charge in [0.15, 0.2) is 9.84 Å². The maximum Gasteiger partial charge on any atom is 0.218 e. The lowest BCUT2D eigenvalue weighted by atomic mass is 9.83. The molecule has 4 rings (SSSR count). The molecular weight excluding hydrogens is 356 g/mol. The van der Waals surface area contributed by atoms with Crippen LogP contribution < -0.4 is 14.4 Å². The topological polar surface area (TPSA) is 94.5 Å². The van der Waals surface area contributed by atoms with Gasteiger partial charge < -0.3 is 14.4 Å². The summed E-state index contributed by atoms with van der Waals surface area (Å²) in [5.74, 6) is 1.79. The Kier molecular flexibility index (Phi) is 4.18. The Balaban J connectivity index is 1.49. The van der Waals surface area contributed by atoms with Crippen LogP contribution in [0.15, 0.2) is 36.8 Å². The van der Waals surface area contributed by atoms with Gasteiger partial charge >= 0.3 is 0 Å². The molecule has 0 bridgehead atoms. The summed E-state index contributed by atoms with van der Waals surface area (Å²) >= 11 is 0. The molecule has 8 nitrogen and oxygen atoms in total. The highest BCUT2D eigenvalue weighted by molar-refractivity contribution is 7.93. The van der Waals surface area contributed by atoms with Crippen molar-refractivity contribution in [3.8, 4) is 11.8 Å². The van der Waals surface area contributed by atoms with Crippen molar-refractivity contribution in [1.82, 2.24) is 15.0 Å². The van der Waals surface area contributed by atoms with Crippen molar-refractivity contribution in [2.45, 2.75) is 11.2 Å². The Morgan fingerprint density at radius 2 is 2.08 bits per heavy atom. The summed E-state index contributed by atoms with van der Waals surface area (Å²) in [7, 11) is -1.64. The van der Waals surface area contributed by atoms with Crippen molar-refractivity contribution in [1.29, 1.82) is 0 Å². The molecule has 138 valence electrons. The SMILES string of the molecule is COc1cc(N2CC3(C2)[C@H](COc2ccccn2)CCS3(=O)=O)ncn1. The Hall–Kier alpha value is -2.42. The van der Waals surface area contributed by atoms with Crippen molar-refractivity contribution in [2.75, 3.05) is 37.5 Å². The van der Waals surface area contributed by atoms with Crippen molar-refractivity contribution in [2.24, 2.45) is 5.92 Å². The highest BCUT2D eigenvalue weighted by atomic mass is 32.2. The van der Waals surface area contributed by atoms with Gasteiger partial charge in [-0.15, -0.1) is 0 Å². The molecule has 2 aliphatic heterocycles. The fraction of sp³-hybridized carbons (Fsp3) is 0.471. The molecule has 0 radical (unpaired) electrons. The predicted octanol–water partition coefficient (Wildman–Crippen LogP) is 0.953. The second-order valence-electron chi connectivity index (χ2n) is 6.62. The molecule has 2 saturated heterocycles. The van der Waals surface area contributed by atoms with E-state index in [1.54, 1.807) is 18.3 Å². The van der Waals surface area contributed by atoms with Crippen LogP contribution in [0.2, 0.25) is 0 Å². The van der Waals surface area contributed by atoms with Gasteiger partial charge in [-0.2, -0.15) is 0 Å². The lowest BCUT2D eigenvalue weighted by molar-refractivity contribution is 0.188. The third kappa shape index (κ3) is 2.76. The summed E-state index contributed by atoms with van der Waals surface area (Å²) in [6.07, 6.45) is 3.68. The van der Waals surface area contributed by atoms with Crippen molar-refractivity contribution >= 4 is 15.7 Å². The molecule has 2 fully saturated rings. The van der Waals surface area contributed by atoms with E-state index in [-0.39, 0.29) is 11.7 Å². The van der Waals surface area contributed by atoms with Crippen molar-refractivity contribution in [3.05, 3.63) is 36.8 Å². The minimum Gasteiger partial charge on any atom is -0.481 e. The van der Waals surface area contributed by atoms with E-state index >= 15 is 0 Å². The number of ether oxygens (including phenoxy) is 2. The predicted molar refractivity (Wildman–Crippen MR) is 95.2 cm³/mol. The van der Waals surface area contributed by atoms with E-state index < -0.39 is 14.6 Å². The van der Waals surface area contributed by atoms with Gasteiger partial charge in [0.2, 0.25) is 11.8 Å². The molecule has 9 heteroatoms. The van der Waals surface area contributed by atoms with Crippen LogP contribution in [0.5, 0.6) is 11.8 Å². The number of hydrogen-bond donors (Lipinski definition) is 0. The Morgan fingerprint density at radius 1 is 1.23 bits per heavy atom. The highest BCUT2D eigenvalue weighted by Crippen LogP contribution is 2.46. The average molecular weight is 376 g/mol. The van der Waals surface area contributed by atoms with Gasteiger partial charge in [-0.25, -0.2) is 23.4 Å². The zero-order valence-electron chi connectivity index (χ0n) is 14.4. The molecule has 0 N–H and O–H groups in total. The maximum absolute atomic E-state index is 12.7. The lowest BCUT2D eigenvalue weighted by Crippen LogP contribution is -2.68. The van der Waals surface area contributed by atoms with E-state index in [1.807, 2.05) is 17.0 Å². The first-order valence-corrected chi connectivity index (χ1v) is 10.1. The number of methoxy groups -OCH3 is 1. The third-order valence-electron chi connectivity index (χ3n) is 5.25. The van der Waals surface area contributed by atoms with Gasteiger partial charge in [-0.3, -0.25) is 0 Å². The molecule has 0 saturated carbocycles. The fourth-order valence-corrected chi connectivity index (χ4v) is 6.10. The van der Waals surface area contributed by atoms with E-state index in [2.05, 4.69) is 15.0 Å². The first-order valence-electron chi connectivity index (χ1n) is 8.41. The summed E-state index contributed by atoms with van der Waals surface area (Å²) in [6, 6.07) is 7.15. The smallest absolute Gasteiger partial charge is 0.218 e. The number of aromatic nitrogens is 3. The minimum absolute atomic E-state index is 0.0607. The molecule has 2 aromatic heterocycles. The number of pyridine rings is 1. The van der Waals surface area contributed by atoms with E-state index in [0.717, 1.165) is 0 Å². The van der Waals surface area contributed by atoms with E-state index in [0.29, 0.717) is 43.7 Å². The number of hydrogen-bond acceptors (Lipinski definition) is 8. The second-order valence-corrected chi connectivity index (χ2v) is 9.07. The summed E-state index contributed by atoms with van der Waals surface area (Å²) < 4.78 is 35.6. The molecule has 0 amide bonds. The molecule has 2 aromatic rings. The number of sulfone groups is 1. The van der Waals surface area contributed by atoms with Crippen molar-refractivity contribution < 1.29 is 17.9 Å². The summed E-state index contributed by atoms with van der Waals surface area (Å²) in [6.45, 7) is 1.16. The summed E-state index contributed by atoms with van der Waals surface area (Å²) in [4.78, 5) is 14.3. The zero-order valence-corrected chi connectivity index (χ0v) is 15.2. The molecule has 4 heterocycles. The largest absolute Gasteiger partial charge is 0.481 e. The van der Waals surface area contributed by atoms with E-state index in [1.165, 1.54) is 13.4 Å². The Bertz CT molecular complexity index is 885. The first kappa shape index (κ1) is 17.0. The van der Waals surface area contributed by atoms with Crippen LogP contribution >= 0.6 is 0 Å². The van der Waals surface area contributed by atoms with E-state index in [9.17, 15) is 8.42 Å². The monoisotopic (exact) mass is 376 g/mol. The molecular formula is C17H20N4O4S. The number of anilines is 1. The molecule has 0 aliphatic carbocycles. The molecule has 0 aromatic carbocycles. The summed E-state index contributed by atoms with van der Waals surface area (Å²) in [5, 5.41) is 0. The number of nitrogens with zero attached hydrogens (tertiary/aromatic N) is 4. The second kappa shape index (κ2) is 6.39. The van der Waals surface area contributed by atoms with Crippen LogP contribution in [-0.2, 0) is 9.84 Å². The standard InChI is InChI=1S/C17H20N4O4S/c1-24-16-8-14(19-12-20-16)21-10-17(11-21)13(5-7-26(17,22)23)9-25-15-4-2-3-6-18-15/h2-4,6,8,12-13H,5,7,9-11H2,1H3/t13-/m0/s1. The highest BCUT2D eigenvalue weighted by Gasteiger charge is 2.62. The normalized spacial score (nSPS) is 22.8. The van der Waals surface area contributed by atoms with Gasteiger partial charge in [-0.1, -0.05) is 6.07 Å². The van der Waals surface area contributed by atoms with Crippen molar-refractivity contribution in [3.63, 3.8) is 0 Å². The fourth-order valence-electron chi connectivity index (χ4n) is 3.70. The summed E-state index contributed by atoms with van der Waals surface area (Å²) in [5.41, 5.74) is 0. The van der Waals surface area contributed by atoms with Gasteiger partial charge in [-0.05, 0) is 12.5 Å². The van der Waals surface area contributed by atoms with Crippen LogP contribution in [0, 0.1) is 5.92 Å². The van der Waals surface area contributed by atoms with Crippen LogP contribution in [0.4, 0.5) is 5.82 Å². The molecule has 1 atom stereocenters. The molecule has 26 heavy (non-hydrogen) atoms. The quantitative estimate of drug-likeness (QED) is 0.761. The average Bonchev–Trinajstić information content (AvgIpc) is 2.90. The van der Waals surface area contributed by atoms with E-state index in [4.69, 9.17) is 9.47 Å². The Morgan fingerprint density at radius 3 is 2.81 bits per heavy atom. The van der Waals surface area contributed by atoms with Gasteiger partial charge in [0.25, 0.3) is 0 Å². The number of rotatable bonds is 5. The Labute approximate surface area is 152 Å². The van der Waals surface area contributed by atoms with Crippen LogP contribution in [0.25, 0.3) is 0 Å². The molecule has 0 unspecified atom stereocenters. The van der Waals surface area contributed by atoms with Crippen LogP contribution in [-0.4, -0.2) is 60.7 Å². The van der Waals surface area contributed by atoms with Gasteiger partial charge in [0, 0.05) is 37.3 Å². The first-order chi connectivity index (χ1) is 12.5.